The van der Waals surface area contributed by atoms with E-state index in [1.165, 1.54) is 6.08 Å². The Kier molecular flexibility index (Phi) is 6.97. The molecule has 6 nitrogen and oxygen atoms in total. The van der Waals surface area contributed by atoms with Gasteiger partial charge in [-0.05, 0) is 24.6 Å². The van der Waals surface area contributed by atoms with Crippen molar-refractivity contribution in [2.45, 2.75) is 13.0 Å². The lowest BCUT2D eigenvalue weighted by atomic mass is 10.2. The van der Waals surface area contributed by atoms with Gasteiger partial charge in [-0.2, -0.15) is 0 Å². The molecule has 1 atom stereocenters. The normalized spacial score (nSPS) is 11.5. The zero-order valence-electron chi connectivity index (χ0n) is 11.9. The molecule has 0 aromatic heterocycles. The summed E-state index contributed by atoms with van der Waals surface area (Å²) in [6.07, 6.45) is 1.50. The van der Waals surface area contributed by atoms with Gasteiger partial charge >= 0.3 is 5.97 Å². The van der Waals surface area contributed by atoms with E-state index in [1.807, 2.05) is 19.1 Å². The van der Waals surface area contributed by atoms with Gasteiger partial charge in [0.1, 0.15) is 5.75 Å². The molecule has 0 heterocycles. The number of hydrogen-bond donors (Lipinski definition) is 2. The van der Waals surface area contributed by atoms with E-state index in [9.17, 15) is 9.59 Å². The minimum Gasteiger partial charge on any atom is -0.484 e. The molecule has 0 fully saturated rings. The summed E-state index contributed by atoms with van der Waals surface area (Å²) < 4.78 is 10.3. The lowest BCUT2D eigenvalue weighted by Crippen LogP contribution is -2.45. The molecule has 0 saturated heterocycles. The first-order valence-corrected chi connectivity index (χ1v) is 6.43. The summed E-state index contributed by atoms with van der Waals surface area (Å²) in [6, 6.07) is 6.12. The molecule has 0 aliphatic heterocycles. The molecule has 0 saturated carbocycles. The fraction of sp³-hybridized carbons (Fsp3) is 0.333. The molecule has 1 aromatic carbocycles. The fourth-order valence-electron chi connectivity index (χ4n) is 1.53. The van der Waals surface area contributed by atoms with E-state index in [4.69, 9.17) is 14.6 Å². The smallest absolute Gasteiger partial charge is 0.328 e. The molecule has 0 aliphatic rings. The maximum atomic E-state index is 11.7. The predicted molar refractivity (Wildman–Crippen MR) is 77.3 cm³/mol. The molecule has 1 unspecified atom stereocenters. The second-order valence-corrected chi connectivity index (χ2v) is 4.39. The molecule has 6 heteroatoms. The van der Waals surface area contributed by atoms with Crippen molar-refractivity contribution in [2.24, 2.45) is 0 Å². The Morgan fingerprint density at radius 1 is 1.48 bits per heavy atom. The van der Waals surface area contributed by atoms with Gasteiger partial charge in [0.15, 0.2) is 12.6 Å². The van der Waals surface area contributed by atoms with Gasteiger partial charge < -0.3 is 19.9 Å². The molecule has 114 valence electrons. The van der Waals surface area contributed by atoms with Crippen molar-refractivity contribution < 1.29 is 24.2 Å². The number of carbonyl (C=O) groups is 2. The number of benzene rings is 1. The molecule has 0 spiro atoms. The molecule has 21 heavy (non-hydrogen) atoms. The summed E-state index contributed by atoms with van der Waals surface area (Å²) in [5.41, 5.74) is 1.01. The van der Waals surface area contributed by atoms with Crippen LogP contribution in [0.1, 0.15) is 5.56 Å². The van der Waals surface area contributed by atoms with Crippen molar-refractivity contribution >= 4 is 11.9 Å². The van der Waals surface area contributed by atoms with Crippen LogP contribution in [0.5, 0.6) is 5.75 Å². The highest BCUT2D eigenvalue weighted by Gasteiger charge is 2.20. The van der Waals surface area contributed by atoms with Crippen molar-refractivity contribution in [1.29, 1.82) is 0 Å². The van der Waals surface area contributed by atoms with E-state index < -0.39 is 17.9 Å². The lowest BCUT2D eigenvalue weighted by molar-refractivity contribution is -0.143. The number of rotatable bonds is 9. The Balaban J connectivity index is 2.42. The molecular weight excluding hydrogens is 274 g/mol. The molecular formula is C15H19NO5. The lowest BCUT2D eigenvalue weighted by Gasteiger charge is -2.14. The molecule has 0 aliphatic carbocycles. The first-order valence-electron chi connectivity index (χ1n) is 6.43. The van der Waals surface area contributed by atoms with Crippen LogP contribution in [0.3, 0.4) is 0 Å². The van der Waals surface area contributed by atoms with Crippen LogP contribution in [0.15, 0.2) is 36.9 Å². The minimum atomic E-state index is -1.16. The number of ether oxygens (including phenoxy) is 2. The number of hydrogen-bond acceptors (Lipinski definition) is 4. The molecule has 1 amide bonds. The highest BCUT2D eigenvalue weighted by Crippen LogP contribution is 2.11. The third-order valence-electron chi connectivity index (χ3n) is 2.51. The second kappa shape index (κ2) is 8.76. The van der Waals surface area contributed by atoms with Crippen LogP contribution in [0, 0.1) is 6.92 Å². The summed E-state index contributed by atoms with van der Waals surface area (Å²) in [4.78, 5) is 22.7. The minimum absolute atomic E-state index is 0.127. The van der Waals surface area contributed by atoms with E-state index in [0.717, 1.165) is 5.56 Å². The number of amides is 1. The van der Waals surface area contributed by atoms with Crippen molar-refractivity contribution in [3.05, 3.63) is 42.5 Å². The maximum absolute atomic E-state index is 11.7. The Morgan fingerprint density at radius 3 is 2.86 bits per heavy atom. The van der Waals surface area contributed by atoms with Gasteiger partial charge in [0.2, 0.25) is 0 Å². The predicted octanol–water partition coefficient (Wildman–Crippen LogP) is 1.15. The molecule has 0 radical (unpaired) electrons. The van der Waals surface area contributed by atoms with Crippen molar-refractivity contribution in [3.8, 4) is 5.75 Å². The first-order chi connectivity index (χ1) is 10.0. The van der Waals surface area contributed by atoms with Crippen molar-refractivity contribution in [2.75, 3.05) is 19.8 Å². The average molecular weight is 293 g/mol. The largest absolute Gasteiger partial charge is 0.484 e. The van der Waals surface area contributed by atoms with Crippen molar-refractivity contribution in [3.63, 3.8) is 0 Å². The Bertz CT molecular complexity index is 501. The van der Waals surface area contributed by atoms with E-state index in [1.54, 1.807) is 12.1 Å². The van der Waals surface area contributed by atoms with Gasteiger partial charge in [0.05, 0.1) is 13.2 Å². The molecule has 1 aromatic rings. The van der Waals surface area contributed by atoms with Gasteiger partial charge in [-0.1, -0.05) is 18.2 Å². The zero-order chi connectivity index (χ0) is 15.7. The summed E-state index contributed by atoms with van der Waals surface area (Å²) in [5, 5.41) is 11.3. The quantitative estimate of drug-likeness (QED) is 0.527. The number of carboxylic acids is 1. The van der Waals surface area contributed by atoms with Gasteiger partial charge in [-0.3, -0.25) is 4.79 Å². The van der Waals surface area contributed by atoms with E-state index in [0.29, 0.717) is 5.75 Å². The van der Waals surface area contributed by atoms with Gasteiger partial charge in [-0.25, -0.2) is 4.79 Å². The SMILES string of the molecule is C=CCOCC(NC(=O)COc1cccc(C)c1)C(=O)O. The van der Waals surface area contributed by atoms with E-state index >= 15 is 0 Å². The Hall–Kier alpha value is -2.34. The Labute approximate surface area is 123 Å². The number of carbonyl (C=O) groups excluding carboxylic acids is 1. The summed E-state index contributed by atoms with van der Waals surface area (Å²) in [7, 11) is 0. The van der Waals surface area contributed by atoms with Crippen LogP contribution in [0.2, 0.25) is 0 Å². The third-order valence-corrected chi connectivity index (χ3v) is 2.51. The summed E-state index contributed by atoms with van der Waals surface area (Å²) >= 11 is 0. The topological polar surface area (TPSA) is 84.9 Å². The van der Waals surface area contributed by atoms with Gasteiger partial charge in [0, 0.05) is 0 Å². The summed E-state index contributed by atoms with van der Waals surface area (Å²) in [6.45, 7) is 5.20. The molecule has 2 N–H and O–H groups in total. The molecule has 1 rings (SSSR count). The monoisotopic (exact) mass is 293 g/mol. The average Bonchev–Trinajstić information content (AvgIpc) is 2.44. The number of carboxylic acid groups (broad SMARTS) is 1. The molecule has 0 bridgehead atoms. The van der Waals surface area contributed by atoms with Gasteiger partial charge in [-0.15, -0.1) is 6.58 Å². The number of aryl methyl sites for hydroxylation is 1. The van der Waals surface area contributed by atoms with Crippen LogP contribution in [0.25, 0.3) is 0 Å². The van der Waals surface area contributed by atoms with E-state index in [2.05, 4.69) is 11.9 Å². The zero-order valence-corrected chi connectivity index (χ0v) is 11.9. The summed E-state index contributed by atoms with van der Waals surface area (Å²) in [5.74, 6) is -1.13. The van der Waals surface area contributed by atoms with Crippen LogP contribution in [-0.4, -0.2) is 42.8 Å². The third kappa shape index (κ3) is 6.58. The fourth-order valence-corrected chi connectivity index (χ4v) is 1.53. The first kappa shape index (κ1) is 16.7. The van der Waals surface area contributed by atoms with Crippen LogP contribution in [0.4, 0.5) is 0 Å². The number of nitrogens with one attached hydrogen (secondary N) is 1. The van der Waals surface area contributed by atoms with Crippen LogP contribution < -0.4 is 10.1 Å². The highest BCUT2D eigenvalue weighted by atomic mass is 16.5. The van der Waals surface area contributed by atoms with Crippen molar-refractivity contribution in [1.82, 2.24) is 5.32 Å². The van der Waals surface area contributed by atoms with Crippen LogP contribution >= 0.6 is 0 Å². The van der Waals surface area contributed by atoms with Gasteiger partial charge in [0.25, 0.3) is 5.91 Å². The van der Waals surface area contributed by atoms with Crippen LogP contribution in [-0.2, 0) is 14.3 Å². The van der Waals surface area contributed by atoms with E-state index in [-0.39, 0.29) is 19.8 Å². The second-order valence-electron chi connectivity index (χ2n) is 4.39. The Morgan fingerprint density at radius 2 is 2.24 bits per heavy atom. The maximum Gasteiger partial charge on any atom is 0.328 e. The highest BCUT2D eigenvalue weighted by molar-refractivity contribution is 5.84. The number of aliphatic carboxylic acids is 1. The standard InChI is InChI=1S/C15H19NO5/c1-3-7-20-9-13(15(18)19)16-14(17)10-21-12-6-4-5-11(2)8-12/h3-6,8,13H,1,7,9-10H2,2H3,(H,16,17)(H,18,19).